The first-order valence-electron chi connectivity index (χ1n) is 7.60. The van der Waals surface area contributed by atoms with Crippen molar-refractivity contribution in [2.45, 2.75) is 19.3 Å². The summed E-state index contributed by atoms with van der Waals surface area (Å²) in [6.45, 7) is 2.19. The van der Waals surface area contributed by atoms with Gasteiger partial charge in [-0.15, -0.1) is 0 Å². The van der Waals surface area contributed by atoms with E-state index in [1.807, 2.05) is 24.3 Å². The molecule has 0 aromatic heterocycles. The van der Waals surface area contributed by atoms with Gasteiger partial charge in [0, 0.05) is 24.5 Å². The molecule has 3 nitrogen and oxygen atoms in total. The maximum atomic E-state index is 13.5. The summed E-state index contributed by atoms with van der Waals surface area (Å²) in [6, 6.07) is 14.2. The summed E-state index contributed by atoms with van der Waals surface area (Å²) in [6.07, 6.45) is 2.52. The minimum atomic E-state index is -0.345. The van der Waals surface area contributed by atoms with Crippen LogP contribution in [0.2, 0.25) is 0 Å². The highest BCUT2D eigenvalue weighted by molar-refractivity contribution is 5.92. The van der Waals surface area contributed by atoms with Crippen LogP contribution in [0.3, 0.4) is 0 Å². The topological polar surface area (TPSA) is 32.3 Å². The largest absolute Gasteiger partial charge is 0.372 e. The van der Waals surface area contributed by atoms with Gasteiger partial charge in [-0.1, -0.05) is 18.2 Å². The molecule has 1 saturated heterocycles. The van der Waals surface area contributed by atoms with Crippen LogP contribution in [0, 0.1) is 5.82 Å². The van der Waals surface area contributed by atoms with Crippen molar-refractivity contribution in [2.75, 3.05) is 23.3 Å². The van der Waals surface area contributed by atoms with E-state index in [1.165, 1.54) is 24.6 Å². The molecule has 0 unspecified atom stereocenters. The third-order valence-electron chi connectivity index (χ3n) is 3.93. The van der Waals surface area contributed by atoms with Crippen molar-refractivity contribution in [3.8, 4) is 0 Å². The summed E-state index contributed by atoms with van der Waals surface area (Å²) in [5.74, 6) is -0.555. The third-order valence-corrected chi connectivity index (χ3v) is 3.93. The third kappa shape index (κ3) is 3.45. The van der Waals surface area contributed by atoms with Gasteiger partial charge in [0.1, 0.15) is 5.82 Å². The van der Waals surface area contributed by atoms with Crippen molar-refractivity contribution in [3.05, 3.63) is 59.9 Å². The van der Waals surface area contributed by atoms with Crippen molar-refractivity contribution in [3.63, 3.8) is 0 Å². The van der Waals surface area contributed by atoms with Crippen molar-refractivity contribution in [1.82, 2.24) is 0 Å². The lowest BCUT2D eigenvalue weighted by atomic mass is 10.1. The predicted molar refractivity (Wildman–Crippen MR) is 86.6 cm³/mol. The number of benzene rings is 2. The van der Waals surface area contributed by atoms with Crippen LogP contribution < -0.4 is 10.2 Å². The summed E-state index contributed by atoms with van der Waals surface area (Å²) >= 11 is 0. The second-order valence-corrected chi connectivity index (χ2v) is 5.56. The second-order valence-electron chi connectivity index (χ2n) is 5.56. The molecule has 0 radical (unpaired) electrons. The zero-order valence-corrected chi connectivity index (χ0v) is 12.4. The van der Waals surface area contributed by atoms with Gasteiger partial charge in [0.05, 0.1) is 6.42 Å². The lowest BCUT2D eigenvalue weighted by Crippen LogP contribution is -2.18. The number of rotatable bonds is 4. The van der Waals surface area contributed by atoms with Crippen LogP contribution in [0.15, 0.2) is 48.5 Å². The van der Waals surface area contributed by atoms with E-state index in [0.717, 1.165) is 18.8 Å². The molecule has 1 amide bonds. The number of carbonyl (C=O) groups is 1. The molecule has 2 aromatic rings. The molecule has 22 heavy (non-hydrogen) atoms. The smallest absolute Gasteiger partial charge is 0.228 e. The minimum Gasteiger partial charge on any atom is -0.372 e. The Morgan fingerprint density at radius 2 is 1.73 bits per heavy atom. The Morgan fingerprint density at radius 1 is 1.05 bits per heavy atom. The number of amides is 1. The second kappa shape index (κ2) is 6.60. The van der Waals surface area contributed by atoms with E-state index in [4.69, 9.17) is 0 Å². The number of hydrogen-bond donors (Lipinski definition) is 1. The van der Waals surface area contributed by atoms with Crippen molar-refractivity contribution in [1.29, 1.82) is 0 Å². The Bertz CT molecular complexity index is 648. The molecular weight excluding hydrogens is 279 g/mol. The first kappa shape index (κ1) is 14.6. The Morgan fingerprint density at radius 3 is 2.41 bits per heavy atom. The average molecular weight is 298 g/mol. The molecule has 3 rings (SSSR count). The molecule has 4 heteroatoms. The molecule has 0 bridgehead atoms. The summed E-state index contributed by atoms with van der Waals surface area (Å²) in [4.78, 5) is 14.3. The Hall–Kier alpha value is -2.36. The lowest BCUT2D eigenvalue weighted by molar-refractivity contribution is -0.115. The van der Waals surface area contributed by atoms with Crippen molar-refractivity contribution >= 4 is 17.3 Å². The monoisotopic (exact) mass is 298 g/mol. The van der Waals surface area contributed by atoms with Crippen molar-refractivity contribution < 1.29 is 9.18 Å². The number of anilines is 2. The minimum absolute atomic E-state index is 0.0422. The van der Waals surface area contributed by atoms with Crippen LogP contribution in [0.1, 0.15) is 18.4 Å². The Balaban J connectivity index is 1.60. The molecule has 1 aliphatic heterocycles. The number of nitrogens with one attached hydrogen (secondary N) is 1. The number of carbonyl (C=O) groups excluding carboxylic acids is 1. The zero-order valence-electron chi connectivity index (χ0n) is 12.4. The van der Waals surface area contributed by atoms with Crippen LogP contribution in [0.5, 0.6) is 0 Å². The number of hydrogen-bond acceptors (Lipinski definition) is 2. The fourth-order valence-corrected chi connectivity index (χ4v) is 2.75. The Kier molecular flexibility index (Phi) is 4.37. The zero-order chi connectivity index (χ0) is 15.4. The maximum Gasteiger partial charge on any atom is 0.228 e. The summed E-state index contributed by atoms with van der Waals surface area (Å²) < 4.78 is 13.5. The summed E-state index contributed by atoms with van der Waals surface area (Å²) in [7, 11) is 0. The number of halogens is 1. The quantitative estimate of drug-likeness (QED) is 0.935. The first-order valence-corrected chi connectivity index (χ1v) is 7.60. The van der Waals surface area contributed by atoms with E-state index >= 15 is 0 Å². The molecule has 2 aromatic carbocycles. The number of nitrogens with zero attached hydrogens (tertiary/aromatic N) is 1. The van der Waals surface area contributed by atoms with E-state index in [0.29, 0.717) is 5.56 Å². The standard InChI is InChI=1S/C18H19FN2O/c19-17-6-2-1-5-14(17)13-18(22)20-15-7-9-16(10-8-15)21-11-3-4-12-21/h1-2,5-10H,3-4,11-13H2,(H,20,22). The van der Waals surface area contributed by atoms with E-state index < -0.39 is 0 Å². The van der Waals surface area contributed by atoms with E-state index in [1.54, 1.807) is 18.2 Å². The van der Waals surface area contributed by atoms with Gasteiger partial charge in [-0.05, 0) is 48.7 Å². The fourth-order valence-electron chi connectivity index (χ4n) is 2.75. The first-order chi connectivity index (χ1) is 10.7. The molecule has 0 atom stereocenters. The van der Waals surface area contributed by atoms with Gasteiger partial charge >= 0.3 is 0 Å². The van der Waals surface area contributed by atoms with Gasteiger partial charge in [0.25, 0.3) is 0 Å². The van der Waals surface area contributed by atoms with Gasteiger partial charge in [-0.3, -0.25) is 4.79 Å². The highest BCUT2D eigenvalue weighted by Crippen LogP contribution is 2.22. The van der Waals surface area contributed by atoms with Gasteiger partial charge in [0.2, 0.25) is 5.91 Å². The molecule has 1 fully saturated rings. The molecule has 1 N–H and O–H groups in total. The predicted octanol–water partition coefficient (Wildman–Crippen LogP) is 3.61. The summed E-state index contributed by atoms with van der Waals surface area (Å²) in [5, 5.41) is 2.81. The molecule has 1 heterocycles. The van der Waals surface area contributed by atoms with E-state index in [-0.39, 0.29) is 18.1 Å². The van der Waals surface area contributed by atoms with Gasteiger partial charge < -0.3 is 10.2 Å². The molecular formula is C18H19FN2O. The van der Waals surface area contributed by atoms with Crippen LogP contribution in [-0.2, 0) is 11.2 Å². The molecule has 114 valence electrons. The maximum absolute atomic E-state index is 13.5. The van der Waals surface area contributed by atoms with Crippen LogP contribution in [0.4, 0.5) is 15.8 Å². The molecule has 0 spiro atoms. The van der Waals surface area contributed by atoms with Crippen molar-refractivity contribution in [2.24, 2.45) is 0 Å². The lowest BCUT2D eigenvalue weighted by Gasteiger charge is -2.17. The van der Waals surface area contributed by atoms with Gasteiger partial charge in [-0.2, -0.15) is 0 Å². The fraction of sp³-hybridized carbons (Fsp3) is 0.278. The SMILES string of the molecule is O=C(Cc1ccccc1F)Nc1ccc(N2CCCC2)cc1. The highest BCUT2D eigenvalue weighted by atomic mass is 19.1. The van der Waals surface area contributed by atoms with Crippen LogP contribution in [-0.4, -0.2) is 19.0 Å². The van der Waals surface area contributed by atoms with Gasteiger partial charge in [0.15, 0.2) is 0 Å². The average Bonchev–Trinajstić information content (AvgIpc) is 3.05. The molecule has 1 aliphatic rings. The van der Waals surface area contributed by atoms with Gasteiger partial charge in [-0.25, -0.2) is 4.39 Å². The highest BCUT2D eigenvalue weighted by Gasteiger charge is 2.12. The Labute approximate surface area is 129 Å². The summed E-state index contributed by atoms with van der Waals surface area (Å²) in [5.41, 5.74) is 2.34. The van der Waals surface area contributed by atoms with E-state index in [2.05, 4.69) is 10.2 Å². The molecule has 0 aliphatic carbocycles. The van der Waals surface area contributed by atoms with Crippen LogP contribution >= 0.6 is 0 Å². The van der Waals surface area contributed by atoms with Crippen LogP contribution in [0.25, 0.3) is 0 Å². The van der Waals surface area contributed by atoms with E-state index in [9.17, 15) is 9.18 Å². The molecule has 0 saturated carbocycles. The normalized spacial score (nSPS) is 14.1.